The third-order valence-corrected chi connectivity index (χ3v) is 3.47. The van der Waals surface area contributed by atoms with Gasteiger partial charge in [-0.1, -0.05) is 19.8 Å². The number of ether oxygens (including phenoxy) is 2. The highest BCUT2D eigenvalue weighted by Gasteiger charge is 2.18. The van der Waals surface area contributed by atoms with Crippen LogP contribution in [0.15, 0.2) is 24.3 Å². The van der Waals surface area contributed by atoms with Crippen LogP contribution in [0.5, 0.6) is 5.75 Å². The first-order valence-electron chi connectivity index (χ1n) is 6.84. The van der Waals surface area contributed by atoms with Crippen molar-refractivity contribution in [2.45, 2.75) is 38.7 Å². The molecule has 0 radical (unpaired) electrons. The molecule has 3 nitrogen and oxygen atoms in total. The van der Waals surface area contributed by atoms with Crippen molar-refractivity contribution in [2.24, 2.45) is 5.92 Å². The maximum Gasteiger partial charge on any atom is 0.119 e. The highest BCUT2D eigenvalue weighted by molar-refractivity contribution is 5.41. The number of nitrogen functional groups attached to an aromatic ring is 1. The molecule has 1 aromatic rings. The zero-order chi connectivity index (χ0) is 12.8. The molecule has 3 heteroatoms. The van der Waals surface area contributed by atoms with Gasteiger partial charge in [-0.3, -0.25) is 0 Å². The van der Waals surface area contributed by atoms with E-state index in [1.54, 1.807) is 0 Å². The molecule has 0 saturated heterocycles. The molecule has 0 amide bonds. The molecule has 0 spiro atoms. The van der Waals surface area contributed by atoms with Crippen LogP contribution in [0.4, 0.5) is 5.69 Å². The first kappa shape index (κ1) is 13.2. The van der Waals surface area contributed by atoms with Crippen LogP contribution < -0.4 is 10.5 Å². The summed E-state index contributed by atoms with van der Waals surface area (Å²) < 4.78 is 11.4. The lowest BCUT2D eigenvalue weighted by Crippen LogP contribution is -2.23. The average molecular weight is 249 g/mol. The lowest BCUT2D eigenvalue weighted by Gasteiger charge is -2.26. The minimum absolute atomic E-state index is 0.434. The molecule has 1 saturated carbocycles. The smallest absolute Gasteiger partial charge is 0.119 e. The molecule has 2 rings (SSSR count). The van der Waals surface area contributed by atoms with Gasteiger partial charge in [0.1, 0.15) is 12.4 Å². The summed E-state index contributed by atoms with van der Waals surface area (Å²) in [5.41, 5.74) is 6.37. The van der Waals surface area contributed by atoms with E-state index < -0.39 is 0 Å². The van der Waals surface area contributed by atoms with E-state index in [4.69, 9.17) is 15.2 Å². The zero-order valence-electron chi connectivity index (χ0n) is 11.1. The van der Waals surface area contributed by atoms with E-state index in [0.717, 1.165) is 17.4 Å². The molecule has 0 bridgehead atoms. The predicted molar refractivity (Wildman–Crippen MR) is 73.7 cm³/mol. The molecule has 1 aromatic carbocycles. The lowest BCUT2D eigenvalue weighted by atomic mass is 9.89. The molecule has 1 aliphatic carbocycles. The molecule has 1 aliphatic rings. The maximum atomic E-state index is 5.85. The average Bonchev–Trinajstić information content (AvgIpc) is 2.37. The van der Waals surface area contributed by atoms with Crippen LogP contribution in [0.25, 0.3) is 0 Å². The van der Waals surface area contributed by atoms with E-state index in [2.05, 4.69) is 6.92 Å². The monoisotopic (exact) mass is 249 g/mol. The van der Waals surface area contributed by atoms with Crippen LogP contribution >= 0.6 is 0 Å². The fourth-order valence-corrected chi connectivity index (χ4v) is 2.47. The maximum absolute atomic E-state index is 5.85. The van der Waals surface area contributed by atoms with E-state index in [1.165, 1.54) is 25.7 Å². The Balaban J connectivity index is 1.62. The molecule has 2 unspecified atom stereocenters. The molecular formula is C15H23NO2. The quantitative estimate of drug-likeness (QED) is 0.643. The zero-order valence-corrected chi connectivity index (χ0v) is 11.1. The largest absolute Gasteiger partial charge is 0.491 e. The number of hydrogen-bond donors (Lipinski definition) is 1. The number of nitrogens with two attached hydrogens (primary N) is 1. The van der Waals surface area contributed by atoms with Gasteiger partial charge in [0.05, 0.1) is 12.7 Å². The topological polar surface area (TPSA) is 44.5 Å². The first-order valence-corrected chi connectivity index (χ1v) is 6.84. The van der Waals surface area contributed by atoms with Crippen molar-refractivity contribution in [2.75, 3.05) is 18.9 Å². The van der Waals surface area contributed by atoms with E-state index in [-0.39, 0.29) is 0 Å². The van der Waals surface area contributed by atoms with E-state index in [0.29, 0.717) is 19.3 Å². The van der Waals surface area contributed by atoms with Gasteiger partial charge in [-0.05, 0) is 43.0 Å². The van der Waals surface area contributed by atoms with Gasteiger partial charge in [0.15, 0.2) is 0 Å². The van der Waals surface area contributed by atoms with Crippen LogP contribution in [-0.4, -0.2) is 19.3 Å². The van der Waals surface area contributed by atoms with Crippen LogP contribution in [-0.2, 0) is 4.74 Å². The summed E-state index contributed by atoms with van der Waals surface area (Å²) in [6.07, 6.45) is 5.48. The number of benzene rings is 1. The van der Waals surface area contributed by atoms with Gasteiger partial charge in [0.25, 0.3) is 0 Å². The number of anilines is 1. The van der Waals surface area contributed by atoms with Crippen molar-refractivity contribution in [3.63, 3.8) is 0 Å². The fourth-order valence-electron chi connectivity index (χ4n) is 2.47. The molecule has 0 aliphatic heterocycles. The fraction of sp³-hybridized carbons (Fsp3) is 0.600. The third kappa shape index (κ3) is 4.22. The molecule has 2 atom stereocenters. The molecule has 18 heavy (non-hydrogen) atoms. The van der Waals surface area contributed by atoms with Gasteiger partial charge < -0.3 is 15.2 Å². The Bertz CT molecular complexity index is 350. The Morgan fingerprint density at radius 2 is 1.94 bits per heavy atom. The summed E-state index contributed by atoms with van der Waals surface area (Å²) in [6.45, 7) is 3.58. The second-order valence-electron chi connectivity index (χ2n) is 5.18. The van der Waals surface area contributed by atoms with E-state index >= 15 is 0 Å². The van der Waals surface area contributed by atoms with E-state index in [1.807, 2.05) is 24.3 Å². The molecule has 2 N–H and O–H groups in total. The van der Waals surface area contributed by atoms with Crippen LogP contribution in [0.3, 0.4) is 0 Å². The number of hydrogen-bond acceptors (Lipinski definition) is 3. The molecule has 0 aromatic heterocycles. The Labute approximate surface area is 109 Å². The third-order valence-electron chi connectivity index (χ3n) is 3.47. The van der Waals surface area contributed by atoms with Crippen molar-refractivity contribution in [1.82, 2.24) is 0 Å². The summed E-state index contributed by atoms with van der Waals surface area (Å²) >= 11 is 0. The summed E-state index contributed by atoms with van der Waals surface area (Å²) in [4.78, 5) is 0. The van der Waals surface area contributed by atoms with Crippen molar-refractivity contribution in [1.29, 1.82) is 0 Å². The molecule has 1 fully saturated rings. The van der Waals surface area contributed by atoms with Gasteiger partial charge in [-0.15, -0.1) is 0 Å². The highest BCUT2D eigenvalue weighted by Crippen LogP contribution is 2.25. The summed E-state index contributed by atoms with van der Waals surface area (Å²) in [7, 11) is 0. The van der Waals surface area contributed by atoms with Gasteiger partial charge in [-0.25, -0.2) is 0 Å². The van der Waals surface area contributed by atoms with E-state index in [9.17, 15) is 0 Å². The predicted octanol–water partition coefficient (Wildman–Crippen LogP) is 3.24. The second-order valence-corrected chi connectivity index (χ2v) is 5.18. The normalized spacial score (nSPS) is 23.8. The Hall–Kier alpha value is -1.22. The van der Waals surface area contributed by atoms with Crippen molar-refractivity contribution >= 4 is 5.69 Å². The standard InChI is InChI=1S/C15H23NO2/c1-12-3-2-4-15(11-12)18-10-9-17-14-7-5-13(16)6-8-14/h5-8,12,15H,2-4,9-11,16H2,1H3. The first-order chi connectivity index (χ1) is 8.74. The van der Waals surface area contributed by atoms with Gasteiger partial charge in [0.2, 0.25) is 0 Å². The summed E-state index contributed by atoms with van der Waals surface area (Å²) in [5.74, 6) is 1.66. The SMILES string of the molecule is CC1CCCC(OCCOc2ccc(N)cc2)C1. The summed E-state index contributed by atoms with van der Waals surface area (Å²) in [5, 5.41) is 0. The van der Waals surface area contributed by atoms with Gasteiger partial charge in [0, 0.05) is 5.69 Å². The minimum atomic E-state index is 0.434. The minimum Gasteiger partial charge on any atom is -0.491 e. The van der Waals surface area contributed by atoms with Crippen LogP contribution in [0.2, 0.25) is 0 Å². The van der Waals surface area contributed by atoms with Crippen molar-refractivity contribution in [3.8, 4) is 5.75 Å². The molecule has 0 heterocycles. The summed E-state index contributed by atoms with van der Waals surface area (Å²) in [6, 6.07) is 7.47. The van der Waals surface area contributed by atoms with Crippen molar-refractivity contribution < 1.29 is 9.47 Å². The van der Waals surface area contributed by atoms with Crippen LogP contribution in [0.1, 0.15) is 32.6 Å². The molecular weight excluding hydrogens is 226 g/mol. The lowest BCUT2D eigenvalue weighted by molar-refractivity contribution is 0.00197. The van der Waals surface area contributed by atoms with Gasteiger partial charge >= 0.3 is 0 Å². The molecule has 100 valence electrons. The Morgan fingerprint density at radius 1 is 1.17 bits per heavy atom. The highest BCUT2D eigenvalue weighted by atomic mass is 16.5. The van der Waals surface area contributed by atoms with Gasteiger partial charge in [-0.2, -0.15) is 0 Å². The Morgan fingerprint density at radius 3 is 2.67 bits per heavy atom. The van der Waals surface area contributed by atoms with Crippen LogP contribution in [0, 0.1) is 5.92 Å². The number of rotatable bonds is 5. The van der Waals surface area contributed by atoms with Crippen molar-refractivity contribution in [3.05, 3.63) is 24.3 Å². The Kier molecular flexibility index (Phi) is 4.88. The second kappa shape index (κ2) is 6.64.